The van der Waals surface area contributed by atoms with Gasteiger partial charge in [-0.15, -0.1) is 0 Å². The summed E-state index contributed by atoms with van der Waals surface area (Å²) >= 11 is 0. The van der Waals surface area contributed by atoms with Crippen LogP contribution in [-0.4, -0.2) is 118 Å². The number of amides is 9. The zero-order valence-corrected chi connectivity index (χ0v) is 72.8. The van der Waals surface area contributed by atoms with Gasteiger partial charge in [-0.25, -0.2) is 50.2 Å². The molecular weight excluding hydrogens is 1580 g/mol. The largest absolute Gasteiger partial charge is 0.349 e. The number of nitrogens with one attached hydrogen (secondary N) is 9. The van der Waals surface area contributed by atoms with E-state index in [9.17, 15) is 56.0 Å². The highest BCUT2D eigenvalue weighted by Gasteiger charge is 2.57. The molecule has 4 heterocycles. The Kier molecular flexibility index (Phi) is 33.2. The molecule has 0 spiro atoms. The maximum absolute atomic E-state index is 14.2. The molecule has 6 aromatic rings. The molecule has 5 atom stereocenters. The van der Waals surface area contributed by atoms with Gasteiger partial charge in [-0.05, 0) is 234 Å². The maximum atomic E-state index is 14.2. The van der Waals surface area contributed by atoms with Crippen LogP contribution in [0.1, 0.15) is 320 Å². The molecule has 4 aromatic heterocycles. The van der Waals surface area contributed by atoms with Crippen LogP contribution >= 0.6 is 0 Å². The molecule has 9 amide bonds. The molecule has 0 saturated heterocycles. The number of aryl methyl sites for hydroxylation is 1. The van der Waals surface area contributed by atoms with Crippen molar-refractivity contribution in [3.05, 3.63) is 178 Å². The monoisotopic (exact) mass is 1710 g/mol. The van der Waals surface area contributed by atoms with Gasteiger partial charge in [0.1, 0.15) is 5.82 Å². The van der Waals surface area contributed by atoms with E-state index in [1.807, 2.05) is 55.4 Å². The standard InChI is InChI=1S/C22H31N3O3.C20H27N3O3.C17H18FNO4S.C16H24N4O3.C15H23N3O3/c1-21(2,3)18(17-5-4-16(12-23-17)19(26)25-28)24-20(27)22-9-13-6-14(10-22)8-15(7-13)11-22;1-2-17(15-6-16(11-21-10-15)18(24)23-26)22-19(25)20-7-12-3-13(8-20)5-14(4-12)9-20;1-11-3-6-14(7-4-11)24(22,23)10-12(2)15-8-5-13(9-16(15)18)17(20)19-21;1-10(2)14(19-13(21)7-11-5-3-4-6-11)15-17-8-12(9-18-15)16(22)20-23;1-5-6-11(17-14(20)15(2,3)4)12-9-10(7-8-16-12)13(19)18-21/h4-5,12-15,18,28H,6-11H2,1-3H3,(H,24,27)(H,25,26);6,10-14,17,26H,2-5,7-9H2,1H3,(H,22,25)(H,23,24);3-9,12,21H,10H2,1-2H3,(H,19,20);8-11,14,23H,3-7H2,1-2H3,(H,19,21)(H,20,22);7-9,11,21H,5-6H2,1-4H3,(H,17,20)(H,18,19)/t13?,14?,15?,18-,22?;12?,13?,14?,17-,20?;12-;14-;11-/m10000/s1. The lowest BCUT2D eigenvalue weighted by Gasteiger charge is -2.56. The molecule has 9 saturated carbocycles. The van der Waals surface area contributed by atoms with E-state index in [0.29, 0.717) is 29.4 Å². The van der Waals surface area contributed by atoms with Crippen molar-refractivity contribution in [1.29, 1.82) is 0 Å². The van der Waals surface area contributed by atoms with Gasteiger partial charge in [0, 0.05) is 71.0 Å². The number of nitrogens with zero attached hydrogens (tertiary/aromatic N) is 5. The number of hydrogen-bond acceptors (Lipinski definition) is 21. The van der Waals surface area contributed by atoms with Crippen molar-refractivity contribution in [2.45, 2.75) is 246 Å². The number of pyridine rings is 3. The highest BCUT2D eigenvalue weighted by atomic mass is 32.2. The number of hydroxylamine groups is 5. The predicted octanol–water partition coefficient (Wildman–Crippen LogP) is 13.6. The molecule has 0 aliphatic heterocycles. The first kappa shape index (κ1) is 95.7. The molecule has 0 unspecified atom stereocenters. The SMILES string of the molecule is CC(C)(C)[C@H](NC(=O)C12CC3CC(CC(C3)C1)C2)c1ccc(C(=O)NO)cn1.CC(C)[C@H](NC(=O)CC1CCCC1)c1ncc(C(=O)NO)cn1.CCC[C@H](NC(=O)C(C)(C)C)c1cc(C(=O)NO)ccn1.CC[C@H](NC(=O)C12CC3CC(CC(C3)C1)C2)c1cncc(C(=O)NO)c1.Cc1ccc(S(=O)(=O)C[C@H](C)c2ccc(C(=O)NO)cc2F)cc1. The lowest BCUT2D eigenvalue weighted by atomic mass is 9.49. The number of hydrogen-bond donors (Lipinski definition) is 14. The first-order valence-electron chi connectivity index (χ1n) is 42.5. The molecule has 0 radical (unpaired) electrons. The van der Waals surface area contributed by atoms with Gasteiger partial charge >= 0.3 is 0 Å². The summed E-state index contributed by atoms with van der Waals surface area (Å²) in [5, 5.41) is 56.0. The fourth-order valence-corrected chi connectivity index (χ4v) is 20.8. The zero-order valence-electron chi connectivity index (χ0n) is 72.0. The Hall–Kier alpha value is -10.1. The molecule has 122 heavy (non-hydrogen) atoms. The van der Waals surface area contributed by atoms with Crippen molar-refractivity contribution >= 4 is 63.0 Å². The Labute approximate surface area is 713 Å². The smallest absolute Gasteiger partial charge is 0.277 e. The van der Waals surface area contributed by atoms with Gasteiger partial charge in [0.25, 0.3) is 29.5 Å². The molecule has 9 fully saturated rings. The molecule has 9 aliphatic rings. The van der Waals surface area contributed by atoms with E-state index in [2.05, 4.69) is 67.0 Å². The maximum Gasteiger partial charge on any atom is 0.277 e. The summed E-state index contributed by atoms with van der Waals surface area (Å²) in [6.07, 6.45) is 30.3. The average Bonchev–Trinajstić information content (AvgIpc) is 0.798. The molecule has 662 valence electrons. The second kappa shape index (κ2) is 42.3. The fourth-order valence-electron chi connectivity index (χ4n) is 19.3. The van der Waals surface area contributed by atoms with Gasteiger partial charge in [-0.1, -0.05) is 119 Å². The van der Waals surface area contributed by atoms with Crippen molar-refractivity contribution in [2.24, 2.45) is 69.0 Å². The van der Waals surface area contributed by atoms with E-state index in [4.69, 9.17) is 26.0 Å². The fraction of sp³-hybridized carbons (Fsp3) is 0.556. The minimum Gasteiger partial charge on any atom is -0.349 e. The molecule has 2 aromatic carbocycles. The average molecular weight is 1710 g/mol. The Morgan fingerprint density at radius 3 is 1.48 bits per heavy atom. The van der Waals surface area contributed by atoms with Gasteiger partial charge < -0.3 is 21.3 Å². The number of sulfone groups is 1. The number of rotatable bonds is 25. The van der Waals surface area contributed by atoms with Crippen LogP contribution in [0.2, 0.25) is 0 Å². The topological polar surface area (TPSA) is 462 Å². The summed E-state index contributed by atoms with van der Waals surface area (Å²) < 4.78 is 39.1. The van der Waals surface area contributed by atoms with Crippen molar-refractivity contribution in [1.82, 2.24) is 73.6 Å². The van der Waals surface area contributed by atoms with Gasteiger partial charge in [0.15, 0.2) is 15.7 Å². The van der Waals surface area contributed by atoms with E-state index >= 15 is 0 Å². The first-order valence-corrected chi connectivity index (χ1v) is 44.1. The van der Waals surface area contributed by atoms with Gasteiger partial charge in [-0.3, -0.25) is 84.1 Å². The lowest BCUT2D eigenvalue weighted by molar-refractivity contribution is -0.148. The molecule has 30 nitrogen and oxygen atoms in total. The number of carbonyl (C=O) groups is 9. The highest BCUT2D eigenvalue weighted by Crippen LogP contribution is 2.62. The quantitative estimate of drug-likeness (QED) is 0.0187. The molecule has 14 N–H and O–H groups in total. The van der Waals surface area contributed by atoms with Crippen LogP contribution in [0.3, 0.4) is 0 Å². The second-order valence-corrected chi connectivity index (χ2v) is 39.1. The Morgan fingerprint density at radius 2 is 1.01 bits per heavy atom. The summed E-state index contributed by atoms with van der Waals surface area (Å²) in [7, 11) is -3.56. The Morgan fingerprint density at radius 1 is 0.525 bits per heavy atom. The van der Waals surface area contributed by atoms with Crippen LogP contribution in [0.25, 0.3) is 0 Å². The van der Waals surface area contributed by atoms with Crippen molar-refractivity contribution in [2.75, 3.05) is 5.75 Å². The van der Waals surface area contributed by atoms with E-state index in [0.717, 1.165) is 129 Å². The molecular formula is C90H123FN14O16S. The second-order valence-electron chi connectivity index (χ2n) is 37.0. The third-order valence-electron chi connectivity index (χ3n) is 24.9. The Bertz CT molecular complexity index is 4680. The number of benzene rings is 2. The van der Waals surface area contributed by atoms with Crippen LogP contribution in [0.15, 0.2) is 115 Å². The number of carbonyl (C=O) groups excluding carboxylic acids is 9. The van der Waals surface area contributed by atoms with Crippen molar-refractivity contribution in [3.63, 3.8) is 0 Å². The van der Waals surface area contributed by atoms with E-state index < -0.39 is 56.5 Å². The van der Waals surface area contributed by atoms with Crippen LogP contribution in [0, 0.1) is 81.7 Å². The summed E-state index contributed by atoms with van der Waals surface area (Å²) in [5.41, 5.74) is 11.0. The number of aromatic nitrogens is 5. The molecule has 8 bridgehead atoms. The lowest BCUT2D eigenvalue weighted by Crippen LogP contribution is -2.55. The zero-order chi connectivity index (χ0) is 89.2. The summed E-state index contributed by atoms with van der Waals surface area (Å²) in [6.45, 7) is 23.3. The van der Waals surface area contributed by atoms with E-state index in [1.54, 1.807) is 66.0 Å². The normalized spacial score (nSPS) is 22.1. The van der Waals surface area contributed by atoms with Gasteiger partial charge in [0.2, 0.25) is 23.6 Å². The predicted molar refractivity (Wildman–Crippen MR) is 449 cm³/mol. The summed E-state index contributed by atoms with van der Waals surface area (Å²) in [5.74, 6) is 0.920. The highest BCUT2D eigenvalue weighted by molar-refractivity contribution is 7.91. The van der Waals surface area contributed by atoms with Crippen LogP contribution < -0.4 is 48.7 Å². The summed E-state index contributed by atoms with van der Waals surface area (Å²) in [4.78, 5) is 130. The Balaban J connectivity index is 0.000000174. The van der Waals surface area contributed by atoms with Gasteiger partial charge in [-0.2, -0.15) is 0 Å². The van der Waals surface area contributed by atoms with Gasteiger partial charge in [0.05, 0.1) is 62.9 Å². The van der Waals surface area contributed by atoms with Crippen LogP contribution in [-0.2, 0) is 29.0 Å². The molecule has 32 heteroatoms. The third-order valence-corrected chi connectivity index (χ3v) is 26.9. The number of halogens is 1. The van der Waals surface area contributed by atoms with E-state index in [-0.39, 0.29) is 108 Å². The van der Waals surface area contributed by atoms with Crippen molar-refractivity contribution < 1.29 is 82.0 Å². The first-order chi connectivity index (χ1) is 57.8. The van der Waals surface area contributed by atoms with Crippen LogP contribution in [0.5, 0.6) is 0 Å². The van der Waals surface area contributed by atoms with Crippen molar-refractivity contribution in [3.8, 4) is 0 Å². The molecule has 15 rings (SSSR count). The minimum absolute atomic E-state index is 0.0244. The minimum atomic E-state index is -3.56. The summed E-state index contributed by atoms with van der Waals surface area (Å²) in [6, 6.07) is 17.3. The van der Waals surface area contributed by atoms with Crippen LogP contribution in [0.4, 0.5) is 4.39 Å². The van der Waals surface area contributed by atoms with E-state index in [1.165, 1.54) is 124 Å². The molecule has 9 aliphatic carbocycles. The third kappa shape index (κ3) is 25.1.